The average Bonchev–Trinajstić information content (AvgIpc) is 3.05. The number of hydrogen-bond acceptors (Lipinski definition) is 5. The monoisotopic (exact) mass is 288 g/mol. The summed E-state index contributed by atoms with van der Waals surface area (Å²) in [4.78, 5) is 16.2. The molecule has 0 saturated carbocycles. The predicted molar refractivity (Wildman–Crippen MR) is 73.9 cm³/mol. The van der Waals surface area contributed by atoms with Gasteiger partial charge in [0.15, 0.2) is 0 Å². The lowest BCUT2D eigenvalue weighted by Crippen LogP contribution is -2.51. The predicted octanol–water partition coefficient (Wildman–Crippen LogP) is 0.771. The molecule has 1 fully saturated rings. The molecule has 0 unspecified atom stereocenters. The maximum atomic E-state index is 12.1. The smallest absolute Gasteiger partial charge is 0.254 e. The fraction of sp³-hybridized carbons (Fsp3) is 0.357. The SMILES string of the molecule is O=C(N[C@@H]1COCC[C@H]1Oc1ccccn1)c1cn[nH]c1. The third-order valence-corrected chi connectivity index (χ3v) is 3.28. The van der Waals surface area contributed by atoms with Crippen LogP contribution >= 0.6 is 0 Å². The molecule has 2 aromatic heterocycles. The number of aromatic nitrogens is 3. The van der Waals surface area contributed by atoms with E-state index in [-0.39, 0.29) is 18.1 Å². The number of hydrogen-bond donors (Lipinski definition) is 2. The largest absolute Gasteiger partial charge is 0.472 e. The van der Waals surface area contributed by atoms with Crippen LogP contribution in [-0.4, -0.2) is 46.4 Å². The van der Waals surface area contributed by atoms with Crippen molar-refractivity contribution in [3.05, 3.63) is 42.4 Å². The molecule has 21 heavy (non-hydrogen) atoms. The molecule has 7 nitrogen and oxygen atoms in total. The van der Waals surface area contributed by atoms with Crippen molar-refractivity contribution in [3.63, 3.8) is 0 Å². The van der Waals surface area contributed by atoms with Gasteiger partial charge >= 0.3 is 0 Å². The third-order valence-electron chi connectivity index (χ3n) is 3.28. The van der Waals surface area contributed by atoms with Gasteiger partial charge in [0.25, 0.3) is 5.91 Å². The van der Waals surface area contributed by atoms with Crippen LogP contribution in [0, 0.1) is 0 Å². The first-order valence-electron chi connectivity index (χ1n) is 6.78. The zero-order valence-electron chi connectivity index (χ0n) is 11.4. The highest BCUT2D eigenvalue weighted by molar-refractivity contribution is 5.93. The summed E-state index contributed by atoms with van der Waals surface area (Å²) in [5.41, 5.74) is 0.483. The van der Waals surface area contributed by atoms with Crippen molar-refractivity contribution >= 4 is 5.91 Å². The number of H-pyrrole nitrogens is 1. The van der Waals surface area contributed by atoms with Crippen molar-refractivity contribution < 1.29 is 14.3 Å². The quantitative estimate of drug-likeness (QED) is 0.867. The molecule has 1 aliphatic heterocycles. The molecule has 2 atom stereocenters. The summed E-state index contributed by atoms with van der Waals surface area (Å²) in [6.07, 6.45) is 5.24. The maximum absolute atomic E-state index is 12.1. The third kappa shape index (κ3) is 3.38. The number of nitrogens with zero attached hydrogens (tertiary/aromatic N) is 2. The van der Waals surface area contributed by atoms with Gasteiger partial charge in [0.05, 0.1) is 31.0 Å². The first-order valence-corrected chi connectivity index (χ1v) is 6.78. The van der Waals surface area contributed by atoms with Crippen LogP contribution in [0.5, 0.6) is 5.88 Å². The van der Waals surface area contributed by atoms with Crippen LogP contribution in [0.2, 0.25) is 0 Å². The minimum atomic E-state index is -0.219. The van der Waals surface area contributed by atoms with E-state index in [1.54, 1.807) is 18.5 Å². The van der Waals surface area contributed by atoms with Crippen LogP contribution in [0.25, 0.3) is 0 Å². The summed E-state index contributed by atoms with van der Waals surface area (Å²) in [5, 5.41) is 9.30. The Hall–Kier alpha value is -2.41. The Morgan fingerprint density at radius 1 is 1.48 bits per heavy atom. The molecule has 2 N–H and O–H groups in total. The van der Waals surface area contributed by atoms with Crippen LogP contribution in [0.4, 0.5) is 0 Å². The Labute approximate surface area is 121 Å². The van der Waals surface area contributed by atoms with E-state index in [0.717, 1.165) is 0 Å². The van der Waals surface area contributed by atoms with Gasteiger partial charge in [-0.3, -0.25) is 9.89 Å². The Balaban J connectivity index is 1.65. The fourth-order valence-corrected chi connectivity index (χ4v) is 2.19. The van der Waals surface area contributed by atoms with E-state index in [1.807, 2.05) is 12.1 Å². The molecule has 1 amide bonds. The number of nitrogens with one attached hydrogen (secondary N) is 2. The Kier molecular flexibility index (Phi) is 4.11. The molecular formula is C14H16N4O3. The molecule has 3 rings (SSSR count). The number of ether oxygens (including phenoxy) is 2. The van der Waals surface area contributed by atoms with Crippen LogP contribution < -0.4 is 10.1 Å². The second kappa shape index (κ2) is 6.36. The second-order valence-electron chi connectivity index (χ2n) is 4.75. The Bertz CT molecular complexity index is 573. The van der Waals surface area contributed by atoms with E-state index >= 15 is 0 Å². The first-order chi connectivity index (χ1) is 10.3. The molecule has 3 heterocycles. The summed E-state index contributed by atoms with van der Waals surface area (Å²) in [6, 6.07) is 5.27. The van der Waals surface area contributed by atoms with Crippen LogP contribution in [0.15, 0.2) is 36.8 Å². The standard InChI is InChI=1S/C14H16N4O3/c19-14(10-7-16-17-8-10)18-11-9-20-6-4-12(11)21-13-3-1-2-5-15-13/h1-3,5,7-8,11-12H,4,6,9H2,(H,16,17)(H,18,19)/t11-,12-/m1/s1. The number of amides is 1. The lowest BCUT2D eigenvalue weighted by molar-refractivity contribution is -0.00448. The topological polar surface area (TPSA) is 89.1 Å². The molecule has 1 aliphatic rings. The van der Waals surface area contributed by atoms with Crippen molar-refractivity contribution in [3.8, 4) is 5.88 Å². The molecule has 0 radical (unpaired) electrons. The van der Waals surface area contributed by atoms with Gasteiger partial charge in [0.1, 0.15) is 6.10 Å². The summed E-state index contributed by atoms with van der Waals surface area (Å²) in [5.74, 6) is 0.348. The van der Waals surface area contributed by atoms with Crippen molar-refractivity contribution in [2.24, 2.45) is 0 Å². The molecule has 0 aromatic carbocycles. The normalized spacial score (nSPS) is 21.7. The molecule has 0 aliphatic carbocycles. The van der Waals surface area contributed by atoms with Crippen molar-refractivity contribution in [1.29, 1.82) is 0 Å². The summed E-state index contributed by atoms with van der Waals surface area (Å²) >= 11 is 0. The Morgan fingerprint density at radius 2 is 2.43 bits per heavy atom. The van der Waals surface area contributed by atoms with Gasteiger partial charge in [-0.25, -0.2) is 4.98 Å². The van der Waals surface area contributed by atoms with Crippen LogP contribution in [-0.2, 0) is 4.74 Å². The van der Waals surface area contributed by atoms with E-state index in [0.29, 0.717) is 31.1 Å². The van der Waals surface area contributed by atoms with E-state index in [9.17, 15) is 4.79 Å². The van der Waals surface area contributed by atoms with Crippen molar-refractivity contribution in [1.82, 2.24) is 20.5 Å². The minimum absolute atomic E-state index is 0.162. The molecule has 1 saturated heterocycles. The molecule has 0 bridgehead atoms. The van der Waals surface area contributed by atoms with Crippen LogP contribution in [0.1, 0.15) is 16.8 Å². The molecule has 2 aromatic rings. The maximum Gasteiger partial charge on any atom is 0.254 e. The lowest BCUT2D eigenvalue weighted by Gasteiger charge is -2.31. The number of carbonyl (C=O) groups excluding carboxylic acids is 1. The number of aromatic amines is 1. The van der Waals surface area contributed by atoms with Gasteiger partial charge in [0.2, 0.25) is 5.88 Å². The minimum Gasteiger partial charge on any atom is -0.472 e. The average molecular weight is 288 g/mol. The van der Waals surface area contributed by atoms with Gasteiger partial charge in [-0.1, -0.05) is 6.07 Å². The number of carbonyl (C=O) groups is 1. The molecular weight excluding hydrogens is 272 g/mol. The van der Waals surface area contributed by atoms with Crippen molar-refractivity contribution in [2.75, 3.05) is 13.2 Å². The fourth-order valence-electron chi connectivity index (χ4n) is 2.19. The molecule has 110 valence electrons. The van der Waals surface area contributed by atoms with Gasteiger partial charge in [-0.05, 0) is 6.07 Å². The molecule has 7 heteroatoms. The summed E-state index contributed by atoms with van der Waals surface area (Å²) < 4.78 is 11.3. The highest BCUT2D eigenvalue weighted by Crippen LogP contribution is 2.16. The number of pyridine rings is 1. The lowest BCUT2D eigenvalue weighted by atomic mass is 10.1. The summed E-state index contributed by atoms with van der Waals surface area (Å²) in [7, 11) is 0. The van der Waals surface area contributed by atoms with Gasteiger partial charge in [0, 0.05) is 24.9 Å². The second-order valence-corrected chi connectivity index (χ2v) is 4.75. The zero-order valence-corrected chi connectivity index (χ0v) is 11.4. The van der Waals surface area contributed by atoms with Gasteiger partial charge in [-0.15, -0.1) is 0 Å². The van der Waals surface area contributed by atoms with E-state index in [2.05, 4.69) is 20.5 Å². The molecule has 0 spiro atoms. The van der Waals surface area contributed by atoms with Gasteiger partial charge < -0.3 is 14.8 Å². The number of rotatable bonds is 4. The Morgan fingerprint density at radius 3 is 3.19 bits per heavy atom. The zero-order chi connectivity index (χ0) is 14.5. The highest BCUT2D eigenvalue weighted by Gasteiger charge is 2.29. The van der Waals surface area contributed by atoms with Gasteiger partial charge in [-0.2, -0.15) is 5.10 Å². The van der Waals surface area contributed by atoms with E-state index < -0.39 is 0 Å². The highest BCUT2D eigenvalue weighted by atomic mass is 16.5. The summed E-state index contributed by atoms with van der Waals surface area (Å²) in [6.45, 7) is 1.02. The van der Waals surface area contributed by atoms with E-state index in [1.165, 1.54) is 6.20 Å². The van der Waals surface area contributed by atoms with Crippen molar-refractivity contribution in [2.45, 2.75) is 18.6 Å². The first kappa shape index (κ1) is 13.6. The van der Waals surface area contributed by atoms with Crippen LogP contribution in [0.3, 0.4) is 0 Å². The van der Waals surface area contributed by atoms with E-state index in [4.69, 9.17) is 9.47 Å².